The normalized spacial score (nSPS) is 14.9. The van der Waals surface area contributed by atoms with Gasteiger partial charge in [-0.1, -0.05) is 29.8 Å². The molecule has 144 valence electrons. The summed E-state index contributed by atoms with van der Waals surface area (Å²) < 4.78 is 1.38. The maximum Gasteiger partial charge on any atom is 0.263 e. The molecule has 0 bridgehead atoms. The Morgan fingerprint density at radius 3 is 2.96 bits per heavy atom. The quantitative estimate of drug-likeness (QED) is 0.522. The van der Waals surface area contributed by atoms with Crippen molar-refractivity contribution in [3.63, 3.8) is 0 Å². The van der Waals surface area contributed by atoms with Crippen molar-refractivity contribution < 1.29 is 4.79 Å². The first kappa shape index (κ1) is 18.8. The van der Waals surface area contributed by atoms with Crippen LogP contribution >= 0.6 is 22.9 Å². The first-order valence-corrected chi connectivity index (χ1v) is 10.3. The number of hydrogen-bond donors (Lipinski definition) is 1. The summed E-state index contributed by atoms with van der Waals surface area (Å²) in [6, 6.07) is 6.46. The second-order valence-corrected chi connectivity index (χ2v) is 8.27. The summed E-state index contributed by atoms with van der Waals surface area (Å²) in [5.41, 5.74) is 4.12. The molecule has 8 heteroatoms. The van der Waals surface area contributed by atoms with Crippen LogP contribution in [0.25, 0.3) is 10.2 Å². The molecule has 0 unspecified atom stereocenters. The fourth-order valence-corrected chi connectivity index (χ4v) is 4.80. The summed E-state index contributed by atoms with van der Waals surface area (Å²) in [5.74, 6) is -0.393. The van der Waals surface area contributed by atoms with Crippen molar-refractivity contribution in [1.82, 2.24) is 15.0 Å². The van der Waals surface area contributed by atoms with E-state index in [1.165, 1.54) is 22.0 Å². The molecule has 0 saturated carbocycles. The van der Waals surface area contributed by atoms with Gasteiger partial charge in [0.25, 0.3) is 11.5 Å². The number of hydrogen-bond acceptors (Lipinski definition) is 5. The lowest BCUT2D eigenvalue weighted by molar-refractivity contribution is -0.123. The highest BCUT2D eigenvalue weighted by molar-refractivity contribution is 7.18. The van der Waals surface area contributed by atoms with Gasteiger partial charge >= 0.3 is 0 Å². The van der Waals surface area contributed by atoms with E-state index in [4.69, 9.17) is 11.6 Å². The number of benzene rings is 1. The van der Waals surface area contributed by atoms with Crippen LogP contribution in [-0.4, -0.2) is 21.7 Å². The molecule has 1 aliphatic rings. The van der Waals surface area contributed by atoms with Gasteiger partial charge in [0.05, 0.1) is 17.9 Å². The molecule has 0 fully saturated rings. The summed E-state index contributed by atoms with van der Waals surface area (Å²) >= 11 is 7.66. The van der Waals surface area contributed by atoms with E-state index < -0.39 is 11.9 Å². The molecular weight excluding hydrogens is 396 g/mol. The van der Waals surface area contributed by atoms with Gasteiger partial charge in [0.1, 0.15) is 10.9 Å². The number of thiophene rings is 1. The topological polar surface area (TPSA) is 76.3 Å². The van der Waals surface area contributed by atoms with Gasteiger partial charge in [0, 0.05) is 15.5 Å². The second kappa shape index (κ2) is 7.85. The minimum absolute atomic E-state index is 0.165. The maximum atomic E-state index is 13.0. The van der Waals surface area contributed by atoms with Gasteiger partial charge in [-0.2, -0.15) is 5.10 Å². The van der Waals surface area contributed by atoms with Crippen molar-refractivity contribution in [2.45, 2.75) is 38.6 Å². The van der Waals surface area contributed by atoms with E-state index in [0.29, 0.717) is 16.0 Å². The summed E-state index contributed by atoms with van der Waals surface area (Å²) in [6.45, 7) is 1.66. The second-order valence-electron chi connectivity index (χ2n) is 6.78. The van der Waals surface area contributed by atoms with Gasteiger partial charge in [-0.15, -0.1) is 11.3 Å². The molecule has 1 amide bonds. The average Bonchev–Trinajstić information content (AvgIpc) is 3.08. The predicted molar refractivity (Wildman–Crippen MR) is 112 cm³/mol. The van der Waals surface area contributed by atoms with Crippen LogP contribution in [0.3, 0.4) is 0 Å². The molecule has 1 N–H and O–H groups in total. The Bertz CT molecular complexity index is 1130. The van der Waals surface area contributed by atoms with E-state index >= 15 is 0 Å². The van der Waals surface area contributed by atoms with Crippen LogP contribution in [0.2, 0.25) is 5.02 Å². The number of amides is 1. The van der Waals surface area contributed by atoms with Crippen LogP contribution < -0.4 is 11.0 Å². The number of halogens is 1. The van der Waals surface area contributed by atoms with Crippen molar-refractivity contribution in [3.8, 4) is 0 Å². The Balaban J connectivity index is 1.57. The van der Waals surface area contributed by atoms with E-state index in [2.05, 4.69) is 15.5 Å². The van der Waals surface area contributed by atoms with E-state index in [-0.39, 0.29) is 5.56 Å². The lowest BCUT2D eigenvalue weighted by Gasteiger charge is -2.14. The number of aromatic nitrogens is 2. The maximum absolute atomic E-state index is 13.0. The zero-order valence-electron chi connectivity index (χ0n) is 15.3. The standard InChI is InChI=1S/C20H19ClN4O2S/c1-12(18(26)24-23-10-13-6-2-4-8-15(13)21)25-11-22-19-17(20(25)27)14-7-3-5-9-16(14)28-19/h2,4,6,8,10-12H,3,5,7,9H2,1H3,(H,24,26)/t12-/m0/s1. The predicted octanol–water partition coefficient (Wildman–Crippen LogP) is 3.70. The molecule has 6 nitrogen and oxygen atoms in total. The molecule has 1 aromatic carbocycles. The number of fused-ring (bicyclic) bond motifs is 3. The zero-order valence-corrected chi connectivity index (χ0v) is 16.9. The Kier molecular flexibility index (Phi) is 5.28. The van der Waals surface area contributed by atoms with Gasteiger partial charge < -0.3 is 0 Å². The third-order valence-corrected chi connectivity index (χ3v) is 6.52. The number of carbonyl (C=O) groups is 1. The highest BCUT2D eigenvalue weighted by Crippen LogP contribution is 2.33. The molecular formula is C20H19ClN4O2S. The molecule has 4 rings (SSSR count). The van der Waals surface area contributed by atoms with E-state index in [1.807, 2.05) is 12.1 Å². The molecule has 1 aliphatic carbocycles. The number of carbonyl (C=O) groups excluding carboxylic acids is 1. The van der Waals surface area contributed by atoms with Crippen molar-refractivity contribution in [2.24, 2.45) is 5.10 Å². The van der Waals surface area contributed by atoms with E-state index in [0.717, 1.165) is 36.1 Å². The van der Waals surface area contributed by atoms with Crippen LogP contribution in [0.4, 0.5) is 0 Å². The van der Waals surface area contributed by atoms with Crippen molar-refractivity contribution >= 4 is 45.3 Å². The van der Waals surface area contributed by atoms with Gasteiger partial charge in [0.15, 0.2) is 0 Å². The molecule has 1 atom stereocenters. The van der Waals surface area contributed by atoms with Gasteiger partial charge in [-0.25, -0.2) is 10.4 Å². The molecule has 2 aromatic heterocycles. The zero-order chi connectivity index (χ0) is 19.7. The van der Waals surface area contributed by atoms with E-state index in [1.54, 1.807) is 30.4 Å². The summed E-state index contributed by atoms with van der Waals surface area (Å²) in [7, 11) is 0. The Hall–Kier alpha value is -2.51. The Morgan fingerprint density at radius 2 is 2.14 bits per heavy atom. The SMILES string of the molecule is C[C@@H](C(=O)NN=Cc1ccccc1Cl)n1cnc2sc3c(c2c1=O)CCCC3. The third-order valence-electron chi connectivity index (χ3n) is 4.98. The fourth-order valence-electron chi connectivity index (χ4n) is 3.40. The number of nitrogens with one attached hydrogen (secondary N) is 1. The number of nitrogens with zero attached hydrogens (tertiary/aromatic N) is 3. The summed E-state index contributed by atoms with van der Waals surface area (Å²) in [6.07, 6.45) is 7.07. The average molecular weight is 415 g/mol. The third kappa shape index (κ3) is 3.47. The van der Waals surface area contributed by atoms with Gasteiger partial charge in [-0.3, -0.25) is 14.2 Å². The van der Waals surface area contributed by atoms with Crippen LogP contribution in [0.5, 0.6) is 0 Å². The lowest BCUT2D eigenvalue weighted by Crippen LogP contribution is -2.34. The fraction of sp³-hybridized carbons (Fsp3) is 0.300. The monoisotopic (exact) mass is 414 g/mol. The van der Waals surface area contributed by atoms with Crippen molar-refractivity contribution in [1.29, 1.82) is 0 Å². The highest BCUT2D eigenvalue weighted by atomic mass is 35.5. The number of aryl methyl sites for hydroxylation is 2. The highest BCUT2D eigenvalue weighted by Gasteiger charge is 2.23. The van der Waals surface area contributed by atoms with Crippen LogP contribution in [-0.2, 0) is 17.6 Å². The van der Waals surface area contributed by atoms with Crippen LogP contribution in [0, 0.1) is 0 Å². The lowest BCUT2D eigenvalue weighted by atomic mass is 9.97. The van der Waals surface area contributed by atoms with Crippen molar-refractivity contribution in [2.75, 3.05) is 0 Å². The molecule has 28 heavy (non-hydrogen) atoms. The molecule has 0 radical (unpaired) electrons. The number of rotatable bonds is 4. The minimum Gasteiger partial charge on any atom is -0.286 e. The molecule has 2 heterocycles. The van der Waals surface area contributed by atoms with Crippen LogP contribution in [0.15, 0.2) is 40.5 Å². The molecule has 3 aromatic rings. The van der Waals surface area contributed by atoms with E-state index in [9.17, 15) is 9.59 Å². The first-order chi connectivity index (χ1) is 13.6. The number of hydrazone groups is 1. The van der Waals surface area contributed by atoms with Gasteiger partial charge in [0.2, 0.25) is 0 Å². The van der Waals surface area contributed by atoms with Gasteiger partial charge in [-0.05, 0) is 44.2 Å². The Labute approximate surface area is 170 Å². The minimum atomic E-state index is -0.730. The summed E-state index contributed by atoms with van der Waals surface area (Å²) in [4.78, 5) is 32.0. The molecule has 0 saturated heterocycles. The van der Waals surface area contributed by atoms with Crippen molar-refractivity contribution in [3.05, 3.63) is 62.0 Å². The Morgan fingerprint density at radius 1 is 1.36 bits per heavy atom. The first-order valence-electron chi connectivity index (χ1n) is 9.15. The molecule has 0 aliphatic heterocycles. The molecule has 0 spiro atoms. The largest absolute Gasteiger partial charge is 0.286 e. The summed E-state index contributed by atoms with van der Waals surface area (Å²) in [5, 5.41) is 5.17. The van der Waals surface area contributed by atoms with Crippen LogP contribution in [0.1, 0.15) is 41.8 Å². The smallest absolute Gasteiger partial charge is 0.263 e.